The van der Waals surface area contributed by atoms with Crippen molar-refractivity contribution in [2.24, 2.45) is 0 Å². The number of pyridine rings is 1. The minimum Gasteiger partial charge on any atom is -0.493 e. The van der Waals surface area contributed by atoms with Crippen LogP contribution in [0.15, 0.2) is 72.9 Å². The molecule has 0 radical (unpaired) electrons. The van der Waals surface area contributed by atoms with E-state index in [2.05, 4.69) is 15.6 Å². The molecule has 172 valence electrons. The fraction of sp³-hybridized carbons (Fsp3) is 0.0800. The molecule has 2 N–H and O–H groups in total. The van der Waals surface area contributed by atoms with Crippen LogP contribution in [0, 0.1) is 0 Å². The molecule has 0 saturated carbocycles. The van der Waals surface area contributed by atoms with E-state index in [0.717, 1.165) is 10.9 Å². The highest BCUT2D eigenvalue weighted by atomic mass is 35.5. The number of ether oxygens (including phenoxy) is 3. The quantitative estimate of drug-likeness (QED) is 0.327. The fourth-order valence-electron chi connectivity index (χ4n) is 3.21. The summed E-state index contributed by atoms with van der Waals surface area (Å²) in [6.45, 7) is 0. The first-order chi connectivity index (χ1) is 16.5. The van der Waals surface area contributed by atoms with E-state index >= 15 is 0 Å². The van der Waals surface area contributed by atoms with Crippen molar-refractivity contribution < 1.29 is 19.0 Å². The highest BCUT2D eigenvalue weighted by Gasteiger charge is 2.12. The summed E-state index contributed by atoms with van der Waals surface area (Å²) in [5, 5.41) is 7.13. The van der Waals surface area contributed by atoms with Gasteiger partial charge in [-0.3, -0.25) is 15.1 Å². The van der Waals surface area contributed by atoms with E-state index < -0.39 is 0 Å². The highest BCUT2D eigenvalue weighted by Crippen LogP contribution is 2.36. The van der Waals surface area contributed by atoms with E-state index in [-0.39, 0.29) is 11.0 Å². The molecule has 0 atom stereocenters. The van der Waals surface area contributed by atoms with Gasteiger partial charge in [-0.2, -0.15) is 0 Å². The SMILES string of the molecule is COc1cc2nccc(Oc3ccc(NC(=S)NC(=O)c4ccc(Cl)cc4)cc3)c2cc1OC. The van der Waals surface area contributed by atoms with Gasteiger partial charge in [-0.25, -0.2) is 0 Å². The number of halogens is 1. The fourth-order valence-corrected chi connectivity index (χ4v) is 3.55. The average molecular weight is 494 g/mol. The van der Waals surface area contributed by atoms with Gasteiger partial charge in [0.05, 0.1) is 19.7 Å². The van der Waals surface area contributed by atoms with Crippen LogP contribution in [0.5, 0.6) is 23.0 Å². The van der Waals surface area contributed by atoms with E-state index in [0.29, 0.717) is 39.3 Å². The second kappa shape index (κ2) is 10.4. The summed E-state index contributed by atoms with van der Waals surface area (Å²) in [5.41, 5.74) is 1.87. The van der Waals surface area contributed by atoms with Crippen LogP contribution in [0.2, 0.25) is 5.02 Å². The third kappa shape index (κ3) is 5.36. The third-order valence-corrected chi connectivity index (χ3v) is 5.34. The number of carbonyl (C=O) groups is 1. The molecule has 0 aliphatic carbocycles. The Balaban J connectivity index is 1.44. The zero-order chi connectivity index (χ0) is 24.1. The number of nitrogens with zero attached hydrogens (tertiary/aromatic N) is 1. The Hall–Kier alpha value is -3.88. The number of rotatable bonds is 6. The van der Waals surface area contributed by atoms with Crippen molar-refractivity contribution in [3.63, 3.8) is 0 Å². The number of thiocarbonyl (C=S) groups is 1. The van der Waals surface area contributed by atoms with Crippen molar-refractivity contribution in [1.29, 1.82) is 0 Å². The first-order valence-electron chi connectivity index (χ1n) is 10.1. The normalized spacial score (nSPS) is 10.4. The number of anilines is 1. The molecule has 0 bridgehead atoms. The number of aromatic nitrogens is 1. The highest BCUT2D eigenvalue weighted by molar-refractivity contribution is 7.80. The Kier molecular flexibility index (Phi) is 7.10. The molecule has 0 fully saturated rings. The third-order valence-electron chi connectivity index (χ3n) is 4.88. The van der Waals surface area contributed by atoms with E-state index in [1.165, 1.54) is 0 Å². The molecule has 0 saturated heterocycles. The number of methoxy groups -OCH3 is 2. The molecule has 34 heavy (non-hydrogen) atoms. The predicted molar refractivity (Wildman–Crippen MR) is 137 cm³/mol. The molecule has 0 aliphatic heterocycles. The Morgan fingerprint density at radius 1 is 0.912 bits per heavy atom. The van der Waals surface area contributed by atoms with Crippen LogP contribution < -0.4 is 24.8 Å². The number of hydrogen-bond donors (Lipinski definition) is 2. The maximum absolute atomic E-state index is 12.3. The van der Waals surface area contributed by atoms with Gasteiger partial charge in [0.2, 0.25) is 0 Å². The molecule has 9 heteroatoms. The average Bonchev–Trinajstić information content (AvgIpc) is 2.84. The maximum atomic E-state index is 12.3. The van der Waals surface area contributed by atoms with Crippen molar-refractivity contribution in [3.8, 4) is 23.0 Å². The van der Waals surface area contributed by atoms with Gasteiger partial charge in [-0.1, -0.05) is 11.6 Å². The molecule has 1 amide bonds. The summed E-state index contributed by atoms with van der Waals surface area (Å²) in [6, 6.07) is 19.1. The van der Waals surface area contributed by atoms with Crippen LogP contribution in [0.4, 0.5) is 5.69 Å². The van der Waals surface area contributed by atoms with Crippen LogP contribution >= 0.6 is 23.8 Å². The Morgan fingerprint density at radius 3 is 2.26 bits per heavy atom. The molecule has 1 aromatic heterocycles. The molecule has 0 spiro atoms. The lowest BCUT2D eigenvalue weighted by Crippen LogP contribution is -2.34. The van der Waals surface area contributed by atoms with Gasteiger partial charge >= 0.3 is 0 Å². The summed E-state index contributed by atoms with van der Waals surface area (Å²) < 4.78 is 16.8. The van der Waals surface area contributed by atoms with Gasteiger partial charge in [0.15, 0.2) is 16.6 Å². The molecular weight excluding hydrogens is 474 g/mol. The molecular formula is C25H20ClN3O4S. The van der Waals surface area contributed by atoms with Gasteiger partial charge in [-0.05, 0) is 72.9 Å². The van der Waals surface area contributed by atoms with E-state index in [1.807, 2.05) is 6.07 Å². The van der Waals surface area contributed by atoms with E-state index in [1.54, 1.807) is 81.1 Å². The summed E-state index contributed by atoms with van der Waals surface area (Å²) in [6.07, 6.45) is 1.67. The summed E-state index contributed by atoms with van der Waals surface area (Å²) in [7, 11) is 3.16. The van der Waals surface area contributed by atoms with Crippen LogP contribution in [-0.2, 0) is 0 Å². The molecule has 4 rings (SSSR count). The van der Waals surface area contributed by atoms with Crippen molar-refractivity contribution >= 4 is 51.4 Å². The minimum absolute atomic E-state index is 0.176. The maximum Gasteiger partial charge on any atom is 0.257 e. The first kappa shape index (κ1) is 23.3. The number of nitrogens with one attached hydrogen (secondary N) is 2. The predicted octanol–water partition coefficient (Wildman–Crippen LogP) is 5.82. The molecule has 7 nitrogen and oxygen atoms in total. The largest absolute Gasteiger partial charge is 0.493 e. The second-order valence-electron chi connectivity index (χ2n) is 7.08. The minimum atomic E-state index is -0.328. The van der Waals surface area contributed by atoms with Gasteiger partial charge in [0.25, 0.3) is 5.91 Å². The zero-order valence-electron chi connectivity index (χ0n) is 18.3. The number of amides is 1. The van der Waals surface area contributed by atoms with E-state index in [9.17, 15) is 4.79 Å². The molecule has 0 aliphatic rings. The van der Waals surface area contributed by atoms with Crippen molar-refractivity contribution in [1.82, 2.24) is 10.3 Å². The van der Waals surface area contributed by atoms with Crippen molar-refractivity contribution in [2.75, 3.05) is 19.5 Å². The van der Waals surface area contributed by atoms with Crippen LogP contribution in [0.3, 0.4) is 0 Å². The number of hydrogen-bond acceptors (Lipinski definition) is 6. The molecule has 4 aromatic rings. The smallest absolute Gasteiger partial charge is 0.257 e. The number of benzene rings is 3. The summed E-state index contributed by atoms with van der Waals surface area (Å²) in [5.74, 6) is 2.09. The molecule has 0 unspecified atom stereocenters. The molecule has 1 heterocycles. The van der Waals surface area contributed by atoms with Crippen LogP contribution in [-0.4, -0.2) is 30.2 Å². The zero-order valence-corrected chi connectivity index (χ0v) is 19.9. The van der Waals surface area contributed by atoms with Crippen LogP contribution in [0.25, 0.3) is 10.9 Å². The standard InChI is InChI=1S/C25H20ClN3O4S/c1-31-22-13-19-20(14-23(22)32-2)27-12-11-21(19)33-18-9-7-17(8-10-18)28-25(34)29-24(30)15-3-5-16(26)6-4-15/h3-14H,1-2H3,(H2,28,29,30,34). The molecule has 3 aromatic carbocycles. The van der Waals surface area contributed by atoms with Gasteiger partial charge in [0, 0.05) is 33.9 Å². The van der Waals surface area contributed by atoms with E-state index in [4.69, 9.17) is 38.0 Å². The van der Waals surface area contributed by atoms with Gasteiger partial charge < -0.3 is 19.5 Å². The Labute approximate surface area is 206 Å². The monoisotopic (exact) mass is 493 g/mol. The topological polar surface area (TPSA) is 81.7 Å². The van der Waals surface area contributed by atoms with Crippen molar-refractivity contribution in [3.05, 3.63) is 83.5 Å². The summed E-state index contributed by atoms with van der Waals surface area (Å²) in [4.78, 5) is 16.7. The lowest BCUT2D eigenvalue weighted by molar-refractivity contribution is 0.0977. The second-order valence-corrected chi connectivity index (χ2v) is 7.92. The lowest BCUT2D eigenvalue weighted by atomic mass is 10.2. The van der Waals surface area contributed by atoms with Crippen molar-refractivity contribution in [2.45, 2.75) is 0 Å². The van der Waals surface area contributed by atoms with Crippen LogP contribution in [0.1, 0.15) is 10.4 Å². The first-order valence-corrected chi connectivity index (χ1v) is 10.9. The summed E-state index contributed by atoms with van der Waals surface area (Å²) >= 11 is 11.1. The lowest BCUT2D eigenvalue weighted by Gasteiger charge is -2.13. The Bertz CT molecular complexity index is 1350. The van der Waals surface area contributed by atoms with Gasteiger partial charge in [0.1, 0.15) is 11.5 Å². The number of carbonyl (C=O) groups excluding carboxylic acids is 1. The van der Waals surface area contributed by atoms with Gasteiger partial charge in [-0.15, -0.1) is 0 Å². The number of fused-ring (bicyclic) bond motifs is 1. The Morgan fingerprint density at radius 2 is 1.59 bits per heavy atom.